The molecule has 0 unspecified atom stereocenters. The molecule has 2 N–H and O–H groups in total. The van der Waals surface area contributed by atoms with Crippen LogP contribution in [0.15, 0.2) is 88.6 Å². The molecule has 212 valence electrons. The predicted molar refractivity (Wildman–Crippen MR) is 150 cm³/mol. The maximum atomic E-state index is 13.2. The van der Waals surface area contributed by atoms with Gasteiger partial charge >= 0.3 is 5.97 Å². The molecular weight excluding hydrogens is 554 g/mol. The number of carbonyl (C=O) groups excluding carboxylic acids is 2. The zero-order valence-corrected chi connectivity index (χ0v) is 22.9. The standard InChI is InChI=1S/C27H25N5O8S/c1-17-24(26(34)31(30(17)3)20-11-5-4-6-12-20)29-41(38,39)21-13-9-10-19(16-21)27(35)40-18(2)25(33)28-22-14-7-8-15-23(22)32(36)37/h4-16,18,29H,1-3H3,(H,28,33)/t18-/m1/s1. The summed E-state index contributed by atoms with van der Waals surface area (Å²) in [4.78, 5) is 48.6. The monoisotopic (exact) mass is 579 g/mol. The van der Waals surface area contributed by atoms with E-state index in [4.69, 9.17) is 4.74 Å². The number of nitro groups is 1. The number of ether oxygens (including phenoxy) is 1. The highest BCUT2D eigenvalue weighted by atomic mass is 32.2. The fraction of sp³-hybridized carbons (Fsp3) is 0.148. The molecule has 0 aliphatic heterocycles. The van der Waals surface area contributed by atoms with Gasteiger partial charge in [0.2, 0.25) is 0 Å². The Kier molecular flexibility index (Phi) is 8.05. The third-order valence-electron chi connectivity index (χ3n) is 6.18. The second kappa shape index (κ2) is 11.5. The molecule has 0 aliphatic carbocycles. The largest absolute Gasteiger partial charge is 0.449 e. The summed E-state index contributed by atoms with van der Waals surface area (Å²) in [7, 11) is -2.71. The highest BCUT2D eigenvalue weighted by molar-refractivity contribution is 7.92. The van der Waals surface area contributed by atoms with Gasteiger partial charge < -0.3 is 10.1 Å². The first kappa shape index (κ1) is 28.8. The maximum absolute atomic E-state index is 13.2. The van der Waals surface area contributed by atoms with Gasteiger partial charge in [0, 0.05) is 13.1 Å². The van der Waals surface area contributed by atoms with Crippen molar-refractivity contribution in [2.24, 2.45) is 7.05 Å². The van der Waals surface area contributed by atoms with Crippen LogP contribution in [0.3, 0.4) is 0 Å². The third kappa shape index (κ3) is 6.01. The molecule has 0 saturated carbocycles. The second-order valence-electron chi connectivity index (χ2n) is 8.88. The summed E-state index contributed by atoms with van der Waals surface area (Å²) < 4.78 is 36.8. The molecule has 0 spiro atoms. The van der Waals surface area contributed by atoms with Crippen LogP contribution in [0.2, 0.25) is 0 Å². The molecule has 14 heteroatoms. The van der Waals surface area contributed by atoms with Crippen molar-refractivity contribution in [3.05, 3.63) is 111 Å². The quantitative estimate of drug-likeness (QED) is 0.173. The Morgan fingerprint density at radius 2 is 1.66 bits per heavy atom. The lowest BCUT2D eigenvalue weighted by Crippen LogP contribution is -2.30. The SMILES string of the molecule is Cc1c(NS(=O)(=O)c2cccc(C(=O)O[C@H](C)C(=O)Nc3ccccc3[N+](=O)[O-])c2)c(=O)n(-c2ccccc2)n1C. The van der Waals surface area contributed by atoms with E-state index in [1.165, 1.54) is 58.8 Å². The van der Waals surface area contributed by atoms with Crippen LogP contribution >= 0.6 is 0 Å². The number of rotatable bonds is 9. The normalized spacial score (nSPS) is 11.9. The fourth-order valence-electron chi connectivity index (χ4n) is 3.92. The van der Waals surface area contributed by atoms with Gasteiger partial charge in [-0.15, -0.1) is 0 Å². The molecule has 13 nitrogen and oxygen atoms in total. The molecule has 41 heavy (non-hydrogen) atoms. The molecule has 0 radical (unpaired) electrons. The van der Waals surface area contributed by atoms with Gasteiger partial charge in [0.25, 0.3) is 27.2 Å². The molecular formula is C27H25N5O8S. The molecule has 1 amide bonds. The van der Waals surface area contributed by atoms with E-state index in [1.54, 1.807) is 44.3 Å². The number of benzene rings is 3. The topological polar surface area (TPSA) is 172 Å². The molecule has 1 heterocycles. The van der Waals surface area contributed by atoms with Gasteiger partial charge in [-0.05, 0) is 50.2 Å². The summed E-state index contributed by atoms with van der Waals surface area (Å²) in [6, 6.07) is 19.0. The minimum absolute atomic E-state index is 0.0768. The van der Waals surface area contributed by atoms with E-state index in [1.807, 2.05) is 0 Å². The van der Waals surface area contributed by atoms with Crippen LogP contribution in [-0.2, 0) is 26.6 Å². The van der Waals surface area contributed by atoms with Gasteiger partial charge in [-0.25, -0.2) is 17.9 Å². The number of hydrogen-bond acceptors (Lipinski definition) is 8. The number of nitrogens with one attached hydrogen (secondary N) is 2. The molecule has 1 atom stereocenters. The van der Waals surface area contributed by atoms with Gasteiger partial charge in [0.1, 0.15) is 11.4 Å². The van der Waals surface area contributed by atoms with Gasteiger partial charge in [-0.2, -0.15) is 0 Å². The number of aromatic nitrogens is 2. The van der Waals surface area contributed by atoms with Crippen molar-refractivity contribution >= 4 is 39.0 Å². The Morgan fingerprint density at radius 3 is 2.34 bits per heavy atom. The van der Waals surface area contributed by atoms with Crippen molar-refractivity contribution in [3.8, 4) is 5.69 Å². The lowest BCUT2D eigenvalue weighted by Gasteiger charge is -2.14. The highest BCUT2D eigenvalue weighted by Gasteiger charge is 2.25. The van der Waals surface area contributed by atoms with Crippen molar-refractivity contribution in [2.75, 3.05) is 10.0 Å². The number of hydrogen-bond donors (Lipinski definition) is 2. The first-order valence-electron chi connectivity index (χ1n) is 12.1. The Morgan fingerprint density at radius 1 is 1.00 bits per heavy atom. The van der Waals surface area contributed by atoms with E-state index in [0.717, 1.165) is 6.07 Å². The fourth-order valence-corrected chi connectivity index (χ4v) is 5.09. The van der Waals surface area contributed by atoms with Crippen LogP contribution in [0.1, 0.15) is 23.0 Å². The Balaban J connectivity index is 1.52. The van der Waals surface area contributed by atoms with Crippen molar-refractivity contribution in [1.29, 1.82) is 0 Å². The van der Waals surface area contributed by atoms with Crippen LogP contribution < -0.4 is 15.6 Å². The van der Waals surface area contributed by atoms with Crippen molar-refractivity contribution in [2.45, 2.75) is 24.8 Å². The summed E-state index contributed by atoms with van der Waals surface area (Å²) >= 11 is 0. The molecule has 0 fully saturated rings. The lowest BCUT2D eigenvalue weighted by molar-refractivity contribution is -0.383. The van der Waals surface area contributed by atoms with E-state index in [2.05, 4.69) is 10.0 Å². The van der Waals surface area contributed by atoms with Crippen molar-refractivity contribution in [1.82, 2.24) is 9.36 Å². The van der Waals surface area contributed by atoms with E-state index in [9.17, 15) is 32.9 Å². The van der Waals surface area contributed by atoms with Crippen LogP contribution in [0, 0.1) is 17.0 Å². The van der Waals surface area contributed by atoms with Crippen LogP contribution in [0.4, 0.5) is 17.1 Å². The summed E-state index contributed by atoms with van der Waals surface area (Å²) in [5.74, 6) is -1.83. The maximum Gasteiger partial charge on any atom is 0.338 e. The van der Waals surface area contributed by atoms with Gasteiger partial charge in [0.05, 0.1) is 26.8 Å². The number of nitrogens with zero attached hydrogens (tertiary/aromatic N) is 3. The zero-order chi connectivity index (χ0) is 29.9. The second-order valence-corrected chi connectivity index (χ2v) is 10.6. The predicted octanol–water partition coefficient (Wildman–Crippen LogP) is 3.38. The first-order chi connectivity index (χ1) is 19.4. The Labute approximate surface area is 234 Å². The number of amides is 1. The van der Waals surface area contributed by atoms with Crippen molar-refractivity contribution in [3.63, 3.8) is 0 Å². The number of carbonyl (C=O) groups is 2. The molecule has 4 aromatic rings. The van der Waals surface area contributed by atoms with E-state index in [-0.39, 0.29) is 27.5 Å². The minimum atomic E-state index is -4.33. The number of sulfonamides is 1. The zero-order valence-electron chi connectivity index (χ0n) is 22.1. The molecule has 3 aromatic carbocycles. The summed E-state index contributed by atoms with van der Waals surface area (Å²) in [6.07, 6.45) is -1.37. The smallest absolute Gasteiger partial charge is 0.338 e. The minimum Gasteiger partial charge on any atom is -0.449 e. The average Bonchev–Trinajstić information content (AvgIpc) is 3.16. The van der Waals surface area contributed by atoms with Gasteiger partial charge in [-0.1, -0.05) is 36.4 Å². The summed E-state index contributed by atoms with van der Waals surface area (Å²) in [6.45, 7) is 2.85. The molecule has 1 aromatic heterocycles. The van der Waals surface area contributed by atoms with Crippen LogP contribution in [-0.4, -0.2) is 40.7 Å². The van der Waals surface area contributed by atoms with E-state index >= 15 is 0 Å². The number of para-hydroxylation sites is 3. The third-order valence-corrected chi connectivity index (χ3v) is 7.53. The van der Waals surface area contributed by atoms with Crippen LogP contribution in [0.5, 0.6) is 0 Å². The van der Waals surface area contributed by atoms with Crippen LogP contribution in [0.25, 0.3) is 5.69 Å². The molecule has 4 rings (SSSR count). The molecule has 0 aliphatic rings. The molecule has 0 bridgehead atoms. The Bertz CT molecular complexity index is 1810. The van der Waals surface area contributed by atoms with Crippen molar-refractivity contribution < 1.29 is 27.7 Å². The average molecular weight is 580 g/mol. The number of anilines is 2. The number of esters is 1. The molecule has 0 saturated heterocycles. The van der Waals surface area contributed by atoms with Gasteiger partial charge in [-0.3, -0.25) is 29.1 Å². The van der Waals surface area contributed by atoms with Gasteiger partial charge in [0.15, 0.2) is 6.10 Å². The van der Waals surface area contributed by atoms with E-state index in [0.29, 0.717) is 11.4 Å². The number of nitro benzene ring substituents is 1. The lowest BCUT2D eigenvalue weighted by atomic mass is 10.2. The Hall–Kier alpha value is -5.24. The first-order valence-corrected chi connectivity index (χ1v) is 13.6. The summed E-state index contributed by atoms with van der Waals surface area (Å²) in [5, 5.41) is 13.5. The summed E-state index contributed by atoms with van der Waals surface area (Å²) in [5.41, 5.74) is -0.445. The highest BCUT2D eigenvalue weighted by Crippen LogP contribution is 2.24. The van der Waals surface area contributed by atoms with E-state index < -0.39 is 38.5 Å².